The van der Waals surface area contributed by atoms with Crippen molar-refractivity contribution in [2.75, 3.05) is 49.4 Å². The molecule has 1 heterocycles. The van der Waals surface area contributed by atoms with Crippen molar-refractivity contribution in [1.82, 2.24) is 4.98 Å². The maximum atomic E-state index is 12.2. The third-order valence-electron chi connectivity index (χ3n) is 3.67. The van der Waals surface area contributed by atoms with Crippen molar-refractivity contribution in [2.24, 2.45) is 0 Å². The van der Waals surface area contributed by atoms with Crippen LogP contribution in [0.3, 0.4) is 0 Å². The largest absolute Gasteiger partial charge is 0.464 e. The van der Waals surface area contributed by atoms with Gasteiger partial charge in [-0.2, -0.15) is 0 Å². The molecule has 26 heavy (non-hydrogen) atoms. The lowest BCUT2D eigenvalue weighted by Gasteiger charge is -2.15. The molecule has 1 N–H and O–H groups in total. The summed E-state index contributed by atoms with van der Waals surface area (Å²) in [7, 11) is 5.84. The highest BCUT2D eigenvalue weighted by atomic mass is 32.1. The maximum absolute atomic E-state index is 12.2. The van der Waals surface area contributed by atoms with Crippen LogP contribution in [0, 0.1) is 0 Å². The first-order valence-corrected chi connectivity index (χ1v) is 9.03. The van der Waals surface area contributed by atoms with Crippen LogP contribution < -0.4 is 15.1 Å². The summed E-state index contributed by atoms with van der Waals surface area (Å²) < 4.78 is 4.93. The fraction of sp³-hybridized carbons (Fsp3) is 0.389. The topological polar surface area (TPSA) is 74.8 Å². The van der Waals surface area contributed by atoms with Gasteiger partial charge in [-0.05, 0) is 17.7 Å². The Morgan fingerprint density at radius 1 is 1.19 bits per heavy atom. The number of hydrogen-bond acceptors (Lipinski definition) is 7. The molecular formula is C18H24N4O3S. The molecule has 0 aliphatic carbocycles. The van der Waals surface area contributed by atoms with Crippen LogP contribution in [0.2, 0.25) is 0 Å². The van der Waals surface area contributed by atoms with Gasteiger partial charge >= 0.3 is 5.97 Å². The van der Waals surface area contributed by atoms with Crippen molar-refractivity contribution < 1.29 is 14.3 Å². The minimum atomic E-state index is -0.297. The van der Waals surface area contributed by atoms with Crippen LogP contribution in [-0.4, -0.2) is 51.2 Å². The molecule has 2 aromatic rings. The van der Waals surface area contributed by atoms with Gasteiger partial charge in [0.2, 0.25) is 5.91 Å². The summed E-state index contributed by atoms with van der Waals surface area (Å²) in [5.41, 5.74) is 2.04. The zero-order valence-corrected chi connectivity index (χ0v) is 16.3. The van der Waals surface area contributed by atoms with Crippen LogP contribution in [0.5, 0.6) is 0 Å². The van der Waals surface area contributed by atoms with Crippen LogP contribution in [-0.2, 0) is 20.7 Å². The summed E-state index contributed by atoms with van der Waals surface area (Å²) in [4.78, 5) is 31.2. The molecule has 0 atom stereocenters. The van der Waals surface area contributed by atoms with E-state index < -0.39 is 0 Å². The third-order valence-corrected chi connectivity index (χ3v) is 4.69. The highest BCUT2D eigenvalue weighted by Crippen LogP contribution is 2.26. The molecular weight excluding hydrogens is 352 g/mol. The van der Waals surface area contributed by atoms with Crippen molar-refractivity contribution in [3.8, 4) is 0 Å². The van der Waals surface area contributed by atoms with Gasteiger partial charge in [-0.1, -0.05) is 23.5 Å². The molecule has 0 aliphatic heterocycles. The van der Waals surface area contributed by atoms with Crippen molar-refractivity contribution in [3.05, 3.63) is 36.0 Å². The monoisotopic (exact) mass is 376 g/mol. The summed E-state index contributed by atoms with van der Waals surface area (Å²) in [6, 6.07) is 7.88. The molecule has 7 nitrogen and oxygen atoms in total. The lowest BCUT2D eigenvalue weighted by atomic mass is 10.1. The molecule has 1 aromatic heterocycles. The van der Waals surface area contributed by atoms with E-state index in [1.54, 1.807) is 6.20 Å². The second-order valence-corrected chi connectivity index (χ2v) is 7.06. The number of hydrogen-bond donors (Lipinski definition) is 1. The highest BCUT2D eigenvalue weighted by molar-refractivity contribution is 7.19. The van der Waals surface area contributed by atoms with Gasteiger partial charge in [0.15, 0.2) is 5.13 Å². The second kappa shape index (κ2) is 9.19. The number of ether oxygens (including phenoxy) is 1. The molecule has 140 valence electrons. The Hall–Kier alpha value is -2.61. The molecule has 0 saturated carbocycles. The van der Waals surface area contributed by atoms with Gasteiger partial charge in [-0.25, -0.2) is 4.98 Å². The van der Waals surface area contributed by atoms with Gasteiger partial charge < -0.3 is 19.9 Å². The van der Waals surface area contributed by atoms with Gasteiger partial charge in [0.05, 0.1) is 19.2 Å². The smallest absolute Gasteiger partial charge is 0.302 e. The van der Waals surface area contributed by atoms with Crippen molar-refractivity contribution >= 4 is 39.0 Å². The Balaban J connectivity index is 1.85. The van der Waals surface area contributed by atoms with Crippen molar-refractivity contribution in [1.29, 1.82) is 0 Å². The molecule has 0 fully saturated rings. The maximum Gasteiger partial charge on any atom is 0.302 e. The Labute approximate surface area is 157 Å². The minimum Gasteiger partial charge on any atom is -0.464 e. The number of amides is 1. The van der Waals surface area contributed by atoms with Crippen molar-refractivity contribution in [2.45, 2.75) is 13.3 Å². The molecule has 0 saturated heterocycles. The Kier molecular flexibility index (Phi) is 6.97. The fourth-order valence-electron chi connectivity index (χ4n) is 2.20. The van der Waals surface area contributed by atoms with E-state index in [0.717, 1.165) is 16.3 Å². The predicted octanol–water partition coefficient (Wildman–Crippen LogP) is 2.39. The standard InChI is InChI=1S/C18H24N4O3S/c1-13(23)25-10-9-22(4)17-12-19-18(26-17)20-16(24)11-14-5-7-15(8-6-14)21(2)3/h5-8,12H,9-11H2,1-4H3,(H,19,20,24). The van der Waals surface area contributed by atoms with E-state index in [0.29, 0.717) is 24.7 Å². The van der Waals surface area contributed by atoms with Gasteiger partial charge in [-0.3, -0.25) is 9.59 Å². The Bertz CT molecular complexity index is 743. The molecule has 0 aliphatic rings. The number of carbonyl (C=O) groups excluding carboxylic acids is 2. The second-order valence-electron chi connectivity index (χ2n) is 6.05. The van der Waals surface area contributed by atoms with Crippen LogP contribution in [0.4, 0.5) is 15.8 Å². The summed E-state index contributed by atoms with van der Waals surface area (Å²) in [6.45, 7) is 2.26. The molecule has 1 aromatic carbocycles. The number of likely N-dealkylation sites (N-methyl/N-ethyl adjacent to an activating group) is 1. The summed E-state index contributed by atoms with van der Waals surface area (Å²) in [5.74, 6) is -0.402. The number of carbonyl (C=O) groups is 2. The van der Waals surface area contributed by atoms with Crippen LogP contribution >= 0.6 is 11.3 Å². The fourth-order valence-corrected chi connectivity index (χ4v) is 3.02. The first kappa shape index (κ1) is 19.7. The summed E-state index contributed by atoms with van der Waals surface area (Å²) >= 11 is 1.38. The highest BCUT2D eigenvalue weighted by Gasteiger charge is 2.10. The zero-order chi connectivity index (χ0) is 19.1. The van der Waals surface area contributed by atoms with E-state index in [1.165, 1.54) is 18.3 Å². The number of rotatable bonds is 8. The number of thiazole rings is 1. The lowest BCUT2D eigenvalue weighted by molar-refractivity contribution is -0.140. The van der Waals surface area contributed by atoms with Gasteiger partial charge in [0.1, 0.15) is 11.6 Å². The summed E-state index contributed by atoms with van der Waals surface area (Å²) in [5, 5.41) is 4.27. The number of nitrogens with one attached hydrogen (secondary N) is 1. The number of nitrogens with zero attached hydrogens (tertiary/aromatic N) is 3. The minimum absolute atomic E-state index is 0.105. The molecule has 8 heteroatoms. The van der Waals surface area contributed by atoms with Crippen LogP contribution in [0.1, 0.15) is 12.5 Å². The number of anilines is 3. The number of esters is 1. The van der Waals surface area contributed by atoms with E-state index in [4.69, 9.17) is 4.74 Å². The van der Waals surface area contributed by atoms with E-state index in [1.807, 2.05) is 55.2 Å². The van der Waals surface area contributed by atoms with E-state index in [-0.39, 0.29) is 11.9 Å². The third kappa shape index (κ3) is 6.03. The predicted molar refractivity (Wildman–Crippen MR) is 105 cm³/mol. The van der Waals surface area contributed by atoms with Crippen molar-refractivity contribution in [3.63, 3.8) is 0 Å². The van der Waals surface area contributed by atoms with Gasteiger partial charge in [0, 0.05) is 33.8 Å². The normalized spacial score (nSPS) is 10.3. The number of benzene rings is 1. The quantitative estimate of drug-likeness (QED) is 0.713. The molecule has 2 rings (SSSR count). The van der Waals surface area contributed by atoms with Gasteiger partial charge in [0.25, 0.3) is 0 Å². The van der Waals surface area contributed by atoms with Gasteiger partial charge in [-0.15, -0.1) is 0 Å². The molecule has 0 unspecified atom stereocenters. The van der Waals surface area contributed by atoms with E-state index >= 15 is 0 Å². The lowest BCUT2D eigenvalue weighted by Crippen LogP contribution is -2.22. The molecule has 1 amide bonds. The Morgan fingerprint density at radius 2 is 1.88 bits per heavy atom. The number of aromatic nitrogens is 1. The molecule has 0 spiro atoms. The first-order valence-electron chi connectivity index (χ1n) is 8.21. The SMILES string of the molecule is CC(=O)OCCN(C)c1cnc(NC(=O)Cc2ccc(N(C)C)cc2)s1. The molecule has 0 bridgehead atoms. The first-order chi connectivity index (χ1) is 12.3. The van der Waals surface area contributed by atoms with E-state index in [9.17, 15) is 9.59 Å². The van der Waals surface area contributed by atoms with Crippen LogP contribution in [0.25, 0.3) is 0 Å². The summed E-state index contributed by atoms with van der Waals surface area (Å²) in [6.07, 6.45) is 1.99. The average Bonchev–Trinajstić information content (AvgIpc) is 3.03. The zero-order valence-electron chi connectivity index (χ0n) is 15.5. The molecule has 0 radical (unpaired) electrons. The van der Waals surface area contributed by atoms with Crippen LogP contribution in [0.15, 0.2) is 30.5 Å². The average molecular weight is 376 g/mol. The Morgan fingerprint density at radius 3 is 2.50 bits per heavy atom. The van der Waals surface area contributed by atoms with E-state index in [2.05, 4.69) is 10.3 Å².